The minimum absolute atomic E-state index is 0. The molecule has 0 saturated carbocycles. The van der Waals surface area contributed by atoms with Crippen molar-refractivity contribution in [2.45, 2.75) is 6.42 Å². The van der Waals surface area contributed by atoms with Gasteiger partial charge in [-0.15, -0.1) is 5.46 Å². The molecule has 0 bridgehead atoms. The molecule has 0 unspecified atom stereocenters. The number of carbonyl (C=O) groups is 1. The minimum Gasteiger partial charge on any atom is -0.445 e. The SMILES string of the molecule is O=C1NCCc2c1cccc2[B-](F)(F)F.[K+]. The van der Waals surface area contributed by atoms with Crippen molar-refractivity contribution in [3.63, 3.8) is 0 Å². The van der Waals surface area contributed by atoms with Gasteiger partial charge in [-0.3, -0.25) is 4.79 Å². The molecule has 0 aromatic heterocycles. The second-order valence-corrected chi connectivity index (χ2v) is 3.45. The third-order valence-electron chi connectivity index (χ3n) is 2.47. The molecular weight excluding hydrogens is 245 g/mol. The number of rotatable bonds is 1. The van der Waals surface area contributed by atoms with Gasteiger partial charge < -0.3 is 18.3 Å². The van der Waals surface area contributed by atoms with Gasteiger partial charge in [0.2, 0.25) is 0 Å². The molecule has 1 heterocycles. The molecule has 1 amide bonds. The van der Waals surface area contributed by atoms with Crippen LogP contribution in [0.3, 0.4) is 0 Å². The average Bonchev–Trinajstić information content (AvgIpc) is 2.16. The van der Waals surface area contributed by atoms with Gasteiger partial charge in [0.15, 0.2) is 0 Å². The Morgan fingerprint density at radius 1 is 1.25 bits per heavy atom. The van der Waals surface area contributed by atoms with Crippen molar-refractivity contribution in [1.29, 1.82) is 0 Å². The summed E-state index contributed by atoms with van der Waals surface area (Å²) in [5, 5.41) is 2.52. The molecular formula is C9H8BF3KNO. The first-order chi connectivity index (χ1) is 7.00. The summed E-state index contributed by atoms with van der Waals surface area (Å²) in [6.07, 6.45) is 0.249. The topological polar surface area (TPSA) is 29.1 Å². The molecule has 1 aliphatic heterocycles. The van der Waals surface area contributed by atoms with Gasteiger partial charge in [-0.2, -0.15) is 0 Å². The molecule has 80 valence electrons. The van der Waals surface area contributed by atoms with E-state index >= 15 is 0 Å². The Balaban J connectivity index is 0.00000128. The van der Waals surface area contributed by atoms with Gasteiger partial charge in [-0.1, -0.05) is 17.7 Å². The van der Waals surface area contributed by atoms with Crippen LogP contribution >= 0.6 is 0 Å². The maximum absolute atomic E-state index is 12.6. The summed E-state index contributed by atoms with van der Waals surface area (Å²) in [5.41, 5.74) is -0.353. The third kappa shape index (κ3) is 2.70. The Bertz CT molecular complexity index is 422. The van der Waals surface area contributed by atoms with Crippen molar-refractivity contribution in [1.82, 2.24) is 5.32 Å². The molecule has 1 aromatic rings. The van der Waals surface area contributed by atoms with Gasteiger partial charge in [0.25, 0.3) is 5.91 Å². The average molecular weight is 253 g/mol. The summed E-state index contributed by atoms with van der Waals surface area (Å²) in [6, 6.07) is 3.74. The molecule has 1 aromatic carbocycles. The number of hydrogen-bond donors (Lipinski definition) is 1. The van der Waals surface area contributed by atoms with E-state index in [-0.39, 0.29) is 75.5 Å². The van der Waals surface area contributed by atoms with Gasteiger partial charge in [-0.25, -0.2) is 0 Å². The fraction of sp³-hybridized carbons (Fsp3) is 0.222. The van der Waals surface area contributed by atoms with Crippen LogP contribution in [0.5, 0.6) is 0 Å². The van der Waals surface area contributed by atoms with E-state index in [9.17, 15) is 17.7 Å². The summed E-state index contributed by atoms with van der Waals surface area (Å²) in [7, 11) is 0. The van der Waals surface area contributed by atoms with Gasteiger partial charge >= 0.3 is 58.4 Å². The molecule has 7 heteroatoms. The molecule has 2 nitrogen and oxygen atoms in total. The van der Waals surface area contributed by atoms with Crippen molar-refractivity contribution in [2.75, 3.05) is 6.54 Å². The predicted octanol–water partition coefficient (Wildman–Crippen LogP) is -1.97. The van der Waals surface area contributed by atoms with Gasteiger partial charge in [0.05, 0.1) is 0 Å². The first kappa shape index (κ1) is 14.2. The van der Waals surface area contributed by atoms with Crippen molar-refractivity contribution < 1.29 is 69.1 Å². The summed E-state index contributed by atoms with van der Waals surface area (Å²) in [6.45, 7) is -4.76. The fourth-order valence-corrected chi connectivity index (χ4v) is 1.80. The van der Waals surface area contributed by atoms with Crippen LogP contribution in [0.15, 0.2) is 18.2 Å². The standard InChI is InChI=1S/C9H8BF3NO.K/c11-10(12,13)8-3-1-2-7-6(8)4-5-14-9(7)15;/h1-3H,4-5H2,(H,14,15);/q-1;+1. The number of carbonyl (C=O) groups excluding carboxylic acids is 1. The Morgan fingerprint density at radius 2 is 1.94 bits per heavy atom. The van der Waals surface area contributed by atoms with E-state index in [0.717, 1.165) is 6.07 Å². The Hall–Kier alpha value is 0.181. The van der Waals surface area contributed by atoms with Crippen LogP contribution in [0, 0.1) is 0 Å². The number of amides is 1. The number of nitrogens with one attached hydrogen (secondary N) is 1. The number of halogens is 3. The van der Waals surface area contributed by atoms with E-state index in [1.54, 1.807) is 0 Å². The second kappa shape index (κ2) is 5.22. The van der Waals surface area contributed by atoms with E-state index in [1.807, 2.05) is 0 Å². The van der Waals surface area contributed by atoms with E-state index < -0.39 is 18.3 Å². The van der Waals surface area contributed by atoms with Crippen molar-refractivity contribution in [3.8, 4) is 0 Å². The third-order valence-corrected chi connectivity index (χ3v) is 2.47. The number of fused-ring (bicyclic) bond motifs is 1. The summed E-state index contributed by atoms with van der Waals surface area (Å²) < 4.78 is 37.9. The number of hydrogen-bond acceptors (Lipinski definition) is 1. The van der Waals surface area contributed by atoms with Crippen LogP contribution in [-0.2, 0) is 6.42 Å². The second-order valence-electron chi connectivity index (χ2n) is 3.45. The zero-order valence-electron chi connectivity index (χ0n) is 8.77. The molecule has 1 aliphatic rings. The molecule has 0 radical (unpaired) electrons. The molecule has 0 spiro atoms. The van der Waals surface area contributed by atoms with Crippen LogP contribution in [0.1, 0.15) is 15.9 Å². The summed E-state index contributed by atoms with van der Waals surface area (Å²) >= 11 is 0. The molecule has 1 N–H and O–H groups in total. The van der Waals surface area contributed by atoms with Crippen LogP contribution < -0.4 is 62.2 Å². The largest absolute Gasteiger partial charge is 1.00 e. The van der Waals surface area contributed by atoms with Crippen LogP contribution in [0.25, 0.3) is 0 Å². The maximum atomic E-state index is 12.6. The Kier molecular flexibility index (Phi) is 4.65. The van der Waals surface area contributed by atoms with Gasteiger partial charge in [0.1, 0.15) is 0 Å². The van der Waals surface area contributed by atoms with E-state index in [2.05, 4.69) is 5.32 Å². The molecule has 0 saturated heterocycles. The zero-order chi connectivity index (χ0) is 11.1. The van der Waals surface area contributed by atoms with Crippen molar-refractivity contribution in [2.24, 2.45) is 0 Å². The maximum Gasteiger partial charge on any atom is 1.00 e. The minimum atomic E-state index is -5.03. The van der Waals surface area contributed by atoms with Crippen LogP contribution in [0.4, 0.5) is 12.9 Å². The first-order valence-electron chi connectivity index (χ1n) is 4.60. The van der Waals surface area contributed by atoms with E-state index in [1.165, 1.54) is 12.1 Å². The Labute approximate surface area is 133 Å². The van der Waals surface area contributed by atoms with E-state index in [4.69, 9.17) is 0 Å². The summed E-state index contributed by atoms with van der Waals surface area (Å²) in [5.74, 6) is -0.418. The molecule has 0 aliphatic carbocycles. The Morgan fingerprint density at radius 3 is 2.56 bits per heavy atom. The molecule has 0 fully saturated rings. The quantitative estimate of drug-likeness (QED) is 0.578. The number of benzene rings is 1. The van der Waals surface area contributed by atoms with Crippen LogP contribution in [-0.4, -0.2) is 19.4 Å². The predicted molar refractivity (Wildman–Crippen MR) is 51.2 cm³/mol. The zero-order valence-corrected chi connectivity index (χ0v) is 11.9. The van der Waals surface area contributed by atoms with Gasteiger partial charge in [-0.05, 0) is 12.5 Å². The van der Waals surface area contributed by atoms with Crippen molar-refractivity contribution in [3.05, 3.63) is 29.3 Å². The molecule has 2 rings (SSSR count). The normalized spacial score (nSPS) is 14.8. The summed E-state index contributed by atoms with van der Waals surface area (Å²) in [4.78, 5) is 11.3. The van der Waals surface area contributed by atoms with E-state index in [0.29, 0.717) is 0 Å². The first-order valence-corrected chi connectivity index (χ1v) is 4.60. The molecule has 16 heavy (non-hydrogen) atoms. The monoisotopic (exact) mass is 253 g/mol. The fourth-order valence-electron chi connectivity index (χ4n) is 1.80. The van der Waals surface area contributed by atoms with Gasteiger partial charge in [0, 0.05) is 12.1 Å². The van der Waals surface area contributed by atoms with Crippen LogP contribution in [0.2, 0.25) is 0 Å². The molecule has 0 atom stereocenters. The van der Waals surface area contributed by atoms with Crippen molar-refractivity contribution >= 4 is 18.3 Å². The smallest absolute Gasteiger partial charge is 0.445 e.